The van der Waals surface area contributed by atoms with E-state index in [1.54, 1.807) is 0 Å². The monoisotopic (exact) mass is 362 g/mol. The SMILES string of the molecule is CO[C@@H]1O[C@@H](COC(C)=O)[C@H](OC(C)=O)[C@@H](OC(C)=O)[C@H]1OC(C)=O. The highest BCUT2D eigenvalue weighted by molar-refractivity contribution is 5.68. The van der Waals surface area contributed by atoms with Crippen LogP contribution in [0.4, 0.5) is 0 Å². The highest BCUT2D eigenvalue weighted by Gasteiger charge is 2.52. The highest BCUT2D eigenvalue weighted by Crippen LogP contribution is 2.29. The summed E-state index contributed by atoms with van der Waals surface area (Å²) in [5.74, 6) is -2.63. The van der Waals surface area contributed by atoms with Gasteiger partial charge in [-0.25, -0.2) is 0 Å². The van der Waals surface area contributed by atoms with Crippen molar-refractivity contribution in [2.45, 2.75) is 58.4 Å². The van der Waals surface area contributed by atoms with Crippen LogP contribution in [0, 0.1) is 0 Å². The van der Waals surface area contributed by atoms with Crippen LogP contribution in [0.25, 0.3) is 0 Å². The summed E-state index contributed by atoms with van der Waals surface area (Å²) in [7, 11) is 1.29. The summed E-state index contributed by atoms with van der Waals surface area (Å²) in [5, 5.41) is 0. The van der Waals surface area contributed by atoms with Gasteiger partial charge >= 0.3 is 23.9 Å². The van der Waals surface area contributed by atoms with E-state index in [1.807, 2.05) is 0 Å². The first-order chi connectivity index (χ1) is 11.6. The first kappa shape index (κ1) is 20.8. The zero-order valence-electron chi connectivity index (χ0n) is 14.7. The van der Waals surface area contributed by atoms with Gasteiger partial charge in [-0.1, -0.05) is 0 Å². The Kier molecular flexibility index (Phi) is 7.78. The Labute approximate surface area is 144 Å². The molecule has 0 radical (unpaired) electrons. The van der Waals surface area contributed by atoms with Gasteiger partial charge in [0.05, 0.1) is 0 Å². The number of methoxy groups -OCH3 is 1. The zero-order chi connectivity index (χ0) is 19.1. The van der Waals surface area contributed by atoms with Crippen molar-refractivity contribution in [2.75, 3.05) is 13.7 Å². The van der Waals surface area contributed by atoms with Crippen LogP contribution >= 0.6 is 0 Å². The minimum Gasteiger partial charge on any atom is -0.463 e. The predicted octanol–water partition coefficient (Wildman–Crippen LogP) is -0.284. The molecule has 1 fully saturated rings. The summed E-state index contributed by atoms with van der Waals surface area (Å²) in [5.41, 5.74) is 0. The molecule has 0 spiro atoms. The maximum Gasteiger partial charge on any atom is 0.303 e. The molecule has 1 rings (SSSR count). The van der Waals surface area contributed by atoms with Gasteiger partial charge in [0, 0.05) is 34.8 Å². The van der Waals surface area contributed by atoms with E-state index in [-0.39, 0.29) is 6.61 Å². The summed E-state index contributed by atoms with van der Waals surface area (Å²) >= 11 is 0. The number of esters is 4. The van der Waals surface area contributed by atoms with Crippen LogP contribution in [0.3, 0.4) is 0 Å². The normalized spacial score (nSPS) is 28.6. The molecule has 25 heavy (non-hydrogen) atoms. The van der Waals surface area contributed by atoms with Gasteiger partial charge in [-0.3, -0.25) is 19.2 Å². The lowest BCUT2D eigenvalue weighted by atomic mass is 9.98. The van der Waals surface area contributed by atoms with Crippen LogP contribution in [0.1, 0.15) is 27.7 Å². The molecule has 0 aromatic carbocycles. The van der Waals surface area contributed by atoms with Crippen LogP contribution < -0.4 is 0 Å². The smallest absolute Gasteiger partial charge is 0.303 e. The molecular weight excluding hydrogens is 340 g/mol. The largest absolute Gasteiger partial charge is 0.463 e. The van der Waals surface area contributed by atoms with E-state index in [0.29, 0.717) is 0 Å². The second-order valence-corrected chi connectivity index (χ2v) is 5.30. The Morgan fingerprint density at radius 2 is 1.24 bits per heavy atom. The van der Waals surface area contributed by atoms with Gasteiger partial charge in [-0.15, -0.1) is 0 Å². The molecular formula is C15H22O10. The van der Waals surface area contributed by atoms with Crippen LogP contribution in [-0.2, 0) is 47.6 Å². The number of rotatable bonds is 6. The van der Waals surface area contributed by atoms with Crippen LogP contribution in [-0.4, -0.2) is 68.3 Å². The molecule has 142 valence electrons. The molecule has 0 unspecified atom stereocenters. The Bertz CT molecular complexity index is 516. The fourth-order valence-electron chi connectivity index (χ4n) is 2.38. The van der Waals surface area contributed by atoms with Crippen molar-refractivity contribution in [3.63, 3.8) is 0 Å². The van der Waals surface area contributed by atoms with Crippen molar-refractivity contribution in [1.82, 2.24) is 0 Å². The summed E-state index contributed by atoms with van der Waals surface area (Å²) in [6.45, 7) is 4.37. The molecule has 0 amide bonds. The van der Waals surface area contributed by atoms with E-state index in [1.165, 1.54) is 14.0 Å². The minimum absolute atomic E-state index is 0.280. The van der Waals surface area contributed by atoms with Crippen molar-refractivity contribution in [3.8, 4) is 0 Å². The maximum absolute atomic E-state index is 11.5. The lowest BCUT2D eigenvalue weighted by Crippen LogP contribution is -2.62. The summed E-state index contributed by atoms with van der Waals surface area (Å²) in [6, 6.07) is 0. The summed E-state index contributed by atoms with van der Waals surface area (Å²) in [4.78, 5) is 45.4. The van der Waals surface area contributed by atoms with Crippen molar-refractivity contribution in [3.05, 3.63) is 0 Å². The average molecular weight is 362 g/mol. The van der Waals surface area contributed by atoms with E-state index in [2.05, 4.69) is 0 Å². The van der Waals surface area contributed by atoms with Crippen molar-refractivity contribution in [2.24, 2.45) is 0 Å². The first-order valence-corrected chi connectivity index (χ1v) is 7.49. The number of carbonyl (C=O) groups is 4. The van der Waals surface area contributed by atoms with E-state index >= 15 is 0 Å². The molecule has 0 aromatic heterocycles. The molecule has 10 nitrogen and oxygen atoms in total. The van der Waals surface area contributed by atoms with E-state index in [9.17, 15) is 19.2 Å². The van der Waals surface area contributed by atoms with Gasteiger partial charge < -0.3 is 28.4 Å². The van der Waals surface area contributed by atoms with Gasteiger partial charge in [-0.05, 0) is 0 Å². The molecule has 0 aliphatic carbocycles. The molecule has 1 saturated heterocycles. The maximum atomic E-state index is 11.5. The van der Waals surface area contributed by atoms with Crippen LogP contribution in [0.15, 0.2) is 0 Å². The third kappa shape index (κ3) is 6.31. The average Bonchev–Trinajstić information content (AvgIpc) is 2.48. The fraction of sp³-hybridized carbons (Fsp3) is 0.733. The quantitative estimate of drug-likeness (QED) is 0.460. The topological polar surface area (TPSA) is 124 Å². The third-order valence-electron chi connectivity index (χ3n) is 3.18. The number of hydrogen-bond acceptors (Lipinski definition) is 10. The highest BCUT2D eigenvalue weighted by atomic mass is 16.7. The second kappa shape index (κ2) is 9.33. The molecule has 10 heteroatoms. The van der Waals surface area contributed by atoms with Crippen molar-refractivity contribution >= 4 is 23.9 Å². The van der Waals surface area contributed by atoms with E-state index < -0.39 is 54.6 Å². The molecule has 5 atom stereocenters. The zero-order valence-corrected chi connectivity index (χ0v) is 14.7. The molecule has 0 bridgehead atoms. The molecule has 1 heterocycles. The predicted molar refractivity (Wildman–Crippen MR) is 79.0 cm³/mol. The minimum atomic E-state index is -1.20. The second-order valence-electron chi connectivity index (χ2n) is 5.30. The number of hydrogen-bond donors (Lipinski definition) is 0. The van der Waals surface area contributed by atoms with Gasteiger partial charge in [0.2, 0.25) is 0 Å². The number of carbonyl (C=O) groups excluding carboxylic acids is 4. The molecule has 0 N–H and O–H groups in total. The van der Waals surface area contributed by atoms with Crippen LogP contribution in [0.2, 0.25) is 0 Å². The first-order valence-electron chi connectivity index (χ1n) is 7.49. The van der Waals surface area contributed by atoms with E-state index in [0.717, 1.165) is 20.8 Å². The Balaban J connectivity index is 3.18. The van der Waals surface area contributed by atoms with Crippen molar-refractivity contribution in [1.29, 1.82) is 0 Å². The Hall–Kier alpha value is -2.20. The third-order valence-corrected chi connectivity index (χ3v) is 3.18. The molecule has 0 aromatic rings. The van der Waals surface area contributed by atoms with Crippen molar-refractivity contribution < 1.29 is 47.6 Å². The summed E-state index contributed by atoms with van der Waals surface area (Å²) in [6.07, 6.45) is -5.67. The molecule has 1 aliphatic rings. The van der Waals surface area contributed by atoms with Gasteiger partial charge in [0.25, 0.3) is 0 Å². The van der Waals surface area contributed by atoms with Gasteiger partial charge in [-0.2, -0.15) is 0 Å². The lowest BCUT2D eigenvalue weighted by Gasteiger charge is -2.43. The van der Waals surface area contributed by atoms with Gasteiger partial charge in [0.1, 0.15) is 12.7 Å². The molecule has 0 saturated carbocycles. The van der Waals surface area contributed by atoms with Gasteiger partial charge in [0.15, 0.2) is 24.6 Å². The van der Waals surface area contributed by atoms with E-state index in [4.69, 9.17) is 28.4 Å². The number of ether oxygens (including phenoxy) is 6. The standard InChI is InChI=1S/C15H22O10/c1-7(16)21-6-11-12(22-8(2)17)13(23-9(3)18)14(24-10(4)19)15(20-5)25-11/h11-15H,6H2,1-5H3/t11-,12-,13+,14+,15+/m0/s1. The lowest BCUT2D eigenvalue weighted by molar-refractivity contribution is -0.302. The summed E-state index contributed by atoms with van der Waals surface area (Å²) < 4.78 is 31.1. The Morgan fingerprint density at radius 3 is 1.68 bits per heavy atom. The van der Waals surface area contributed by atoms with Crippen LogP contribution in [0.5, 0.6) is 0 Å². The Morgan fingerprint density at radius 1 is 0.760 bits per heavy atom. The molecule has 1 aliphatic heterocycles. The fourth-order valence-corrected chi connectivity index (χ4v) is 2.38.